The zero-order valence-corrected chi connectivity index (χ0v) is 13.1. The van der Waals surface area contributed by atoms with E-state index >= 15 is 0 Å². The molecular weight excluding hydrogens is 368 g/mol. The van der Waals surface area contributed by atoms with Crippen LogP contribution in [0.3, 0.4) is 0 Å². The summed E-state index contributed by atoms with van der Waals surface area (Å²) < 4.78 is 20.7. The number of nitrogens with one attached hydrogen (secondary N) is 1. The molecule has 104 valence electrons. The lowest BCUT2D eigenvalue weighted by Crippen LogP contribution is -2.15. The minimum atomic E-state index is -0.320. The average molecular weight is 383 g/mol. The van der Waals surface area contributed by atoms with Crippen molar-refractivity contribution in [2.45, 2.75) is 25.4 Å². The van der Waals surface area contributed by atoms with Gasteiger partial charge in [0, 0.05) is 16.2 Å². The van der Waals surface area contributed by atoms with Crippen molar-refractivity contribution in [3.63, 3.8) is 0 Å². The maximum Gasteiger partial charge on any atom is 0.166 e. The smallest absolute Gasteiger partial charge is 0.166 e. The number of hydrogen-bond donors (Lipinski definition) is 1. The van der Waals surface area contributed by atoms with Crippen molar-refractivity contribution < 1.29 is 9.13 Å². The summed E-state index contributed by atoms with van der Waals surface area (Å²) in [5.41, 5.74) is 0.949. The van der Waals surface area contributed by atoms with E-state index in [4.69, 9.17) is 4.74 Å². The van der Waals surface area contributed by atoms with E-state index in [0.717, 1.165) is 9.13 Å². The molecule has 0 bridgehead atoms. The highest BCUT2D eigenvalue weighted by molar-refractivity contribution is 14.1. The van der Waals surface area contributed by atoms with Gasteiger partial charge in [0.05, 0.1) is 0 Å². The van der Waals surface area contributed by atoms with Gasteiger partial charge in [-0.2, -0.15) is 0 Å². The second-order valence-electron chi connectivity index (χ2n) is 4.98. The molecule has 1 fully saturated rings. The summed E-state index contributed by atoms with van der Waals surface area (Å²) in [7, 11) is 0. The van der Waals surface area contributed by atoms with E-state index < -0.39 is 0 Å². The number of benzene rings is 2. The molecule has 1 N–H and O–H groups in total. The maximum atomic E-state index is 14.0. The van der Waals surface area contributed by atoms with Crippen molar-refractivity contribution in [3.05, 3.63) is 57.4 Å². The second kappa shape index (κ2) is 6.10. The van der Waals surface area contributed by atoms with Crippen LogP contribution < -0.4 is 10.1 Å². The average Bonchev–Trinajstić information content (AvgIpc) is 3.23. The fraction of sp³-hybridized carbons (Fsp3) is 0.250. The fourth-order valence-electron chi connectivity index (χ4n) is 1.94. The summed E-state index contributed by atoms with van der Waals surface area (Å²) in [6.45, 7) is 0.713. The van der Waals surface area contributed by atoms with Crippen LogP contribution in [0, 0.1) is 9.39 Å². The fourth-order valence-corrected chi connectivity index (χ4v) is 2.46. The predicted molar refractivity (Wildman–Crippen MR) is 85.5 cm³/mol. The molecule has 20 heavy (non-hydrogen) atoms. The minimum Gasteiger partial charge on any atom is -0.454 e. The Morgan fingerprint density at radius 3 is 2.75 bits per heavy atom. The van der Waals surface area contributed by atoms with Gasteiger partial charge in [-0.15, -0.1) is 0 Å². The lowest BCUT2D eigenvalue weighted by atomic mass is 10.2. The molecule has 0 unspecified atom stereocenters. The molecule has 4 heteroatoms. The molecule has 3 rings (SSSR count). The van der Waals surface area contributed by atoms with Crippen LogP contribution in [0.1, 0.15) is 18.4 Å². The van der Waals surface area contributed by atoms with Crippen LogP contribution >= 0.6 is 22.6 Å². The van der Waals surface area contributed by atoms with Crippen molar-refractivity contribution >= 4 is 22.6 Å². The van der Waals surface area contributed by atoms with Crippen molar-refractivity contribution in [2.24, 2.45) is 0 Å². The standard InChI is InChI=1S/C16H15FINO/c17-15-8-11(10-19-13-5-6-13)4-7-16(15)20-14-3-1-2-12(18)9-14/h1-4,7-9,13,19H,5-6,10H2. The molecule has 2 nitrogen and oxygen atoms in total. The van der Waals surface area contributed by atoms with E-state index in [0.29, 0.717) is 18.3 Å². The quantitative estimate of drug-likeness (QED) is 0.770. The van der Waals surface area contributed by atoms with Gasteiger partial charge in [-0.25, -0.2) is 4.39 Å². The zero-order chi connectivity index (χ0) is 13.9. The Morgan fingerprint density at radius 2 is 2.05 bits per heavy atom. The van der Waals surface area contributed by atoms with Gasteiger partial charge in [-0.05, 0) is 71.3 Å². The molecule has 0 aromatic heterocycles. The van der Waals surface area contributed by atoms with E-state index in [9.17, 15) is 4.39 Å². The largest absolute Gasteiger partial charge is 0.454 e. The summed E-state index contributed by atoms with van der Waals surface area (Å²) in [6.07, 6.45) is 2.46. The molecule has 2 aromatic carbocycles. The molecule has 0 atom stereocenters. The van der Waals surface area contributed by atoms with E-state index in [-0.39, 0.29) is 11.6 Å². The molecule has 1 aliphatic carbocycles. The first kappa shape index (κ1) is 13.8. The monoisotopic (exact) mass is 383 g/mol. The van der Waals surface area contributed by atoms with Crippen LogP contribution in [-0.2, 0) is 6.54 Å². The van der Waals surface area contributed by atoms with Gasteiger partial charge < -0.3 is 10.1 Å². The van der Waals surface area contributed by atoms with Gasteiger partial charge >= 0.3 is 0 Å². The SMILES string of the molecule is Fc1cc(CNC2CC2)ccc1Oc1cccc(I)c1. The first-order chi connectivity index (χ1) is 9.70. The molecule has 0 saturated heterocycles. The number of rotatable bonds is 5. The van der Waals surface area contributed by atoms with Gasteiger partial charge in [0.15, 0.2) is 11.6 Å². The zero-order valence-electron chi connectivity index (χ0n) is 10.9. The Balaban J connectivity index is 1.69. The predicted octanol–water partition coefficient (Wildman–Crippen LogP) is 4.47. The lowest BCUT2D eigenvalue weighted by Gasteiger charge is -2.09. The van der Waals surface area contributed by atoms with Crippen molar-refractivity contribution in [3.8, 4) is 11.5 Å². The maximum absolute atomic E-state index is 14.0. The number of halogens is 2. The third kappa shape index (κ3) is 3.70. The van der Waals surface area contributed by atoms with Crippen LogP contribution in [0.25, 0.3) is 0 Å². The molecule has 0 radical (unpaired) electrons. The van der Waals surface area contributed by atoms with Crippen LogP contribution in [0.15, 0.2) is 42.5 Å². The highest BCUT2D eigenvalue weighted by Gasteiger charge is 2.20. The Kier molecular flexibility index (Phi) is 4.21. The van der Waals surface area contributed by atoms with E-state index in [1.807, 2.05) is 30.3 Å². The van der Waals surface area contributed by atoms with Crippen molar-refractivity contribution in [1.29, 1.82) is 0 Å². The van der Waals surface area contributed by atoms with Gasteiger partial charge in [-0.1, -0.05) is 12.1 Å². The lowest BCUT2D eigenvalue weighted by molar-refractivity contribution is 0.441. The second-order valence-corrected chi connectivity index (χ2v) is 6.23. The van der Waals surface area contributed by atoms with Gasteiger partial charge in [0.1, 0.15) is 5.75 Å². The van der Waals surface area contributed by atoms with E-state index in [1.165, 1.54) is 12.8 Å². The summed E-state index contributed by atoms with van der Waals surface area (Å²) in [4.78, 5) is 0. The van der Waals surface area contributed by atoms with Crippen LogP contribution in [-0.4, -0.2) is 6.04 Å². The number of ether oxygens (including phenoxy) is 1. The Hall–Kier alpha value is -1.14. The van der Waals surface area contributed by atoms with E-state index in [2.05, 4.69) is 27.9 Å². The minimum absolute atomic E-state index is 0.266. The molecule has 1 aliphatic rings. The Labute approximate surface area is 131 Å². The third-order valence-electron chi connectivity index (χ3n) is 3.19. The summed E-state index contributed by atoms with van der Waals surface area (Å²) in [5.74, 6) is 0.598. The first-order valence-electron chi connectivity index (χ1n) is 6.66. The molecule has 0 amide bonds. The third-order valence-corrected chi connectivity index (χ3v) is 3.86. The molecule has 0 spiro atoms. The van der Waals surface area contributed by atoms with Gasteiger partial charge in [0.25, 0.3) is 0 Å². The van der Waals surface area contributed by atoms with Gasteiger partial charge in [-0.3, -0.25) is 0 Å². The van der Waals surface area contributed by atoms with Crippen molar-refractivity contribution in [2.75, 3.05) is 0 Å². The Bertz CT molecular complexity index is 613. The molecule has 0 heterocycles. The summed E-state index contributed by atoms with van der Waals surface area (Å²) in [5, 5.41) is 3.37. The van der Waals surface area contributed by atoms with Crippen LogP contribution in [0.2, 0.25) is 0 Å². The summed E-state index contributed by atoms with van der Waals surface area (Å²) in [6, 6.07) is 13.3. The first-order valence-corrected chi connectivity index (χ1v) is 7.74. The molecule has 1 saturated carbocycles. The topological polar surface area (TPSA) is 21.3 Å². The van der Waals surface area contributed by atoms with Gasteiger partial charge in [0.2, 0.25) is 0 Å². The van der Waals surface area contributed by atoms with Crippen LogP contribution in [0.4, 0.5) is 4.39 Å². The molecular formula is C16H15FINO. The van der Waals surface area contributed by atoms with Crippen LogP contribution in [0.5, 0.6) is 11.5 Å². The highest BCUT2D eigenvalue weighted by atomic mass is 127. The van der Waals surface area contributed by atoms with Crippen molar-refractivity contribution in [1.82, 2.24) is 5.32 Å². The molecule has 2 aromatic rings. The highest BCUT2D eigenvalue weighted by Crippen LogP contribution is 2.26. The number of hydrogen-bond acceptors (Lipinski definition) is 2. The molecule has 0 aliphatic heterocycles. The van der Waals surface area contributed by atoms with E-state index in [1.54, 1.807) is 12.1 Å². The normalized spacial score (nSPS) is 14.3. The Morgan fingerprint density at radius 1 is 1.20 bits per heavy atom. The summed E-state index contributed by atoms with van der Waals surface area (Å²) >= 11 is 2.20.